The van der Waals surface area contributed by atoms with Crippen LogP contribution in [0.3, 0.4) is 0 Å². The Bertz CT molecular complexity index is 1220. The Hall–Kier alpha value is -4.14. The Morgan fingerprint density at radius 1 is 1.18 bits per heavy atom. The lowest BCUT2D eigenvalue weighted by Gasteiger charge is -2.29. The van der Waals surface area contributed by atoms with E-state index in [0.717, 1.165) is 19.3 Å². The summed E-state index contributed by atoms with van der Waals surface area (Å²) >= 11 is 0. The average Bonchev–Trinajstić information content (AvgIpc) is 2.85. The number of benzene rings is 2. The van der Waals surface area contributed by atoms with E-state index in [-0.39, 0.29) is 23.8 Å². The first-order chi connectivity index (χ1) is 16.5. The largest absolute Gasteiger partial charge is 0.490 e. The van der Waals surface area contributed by atoms with Gasteiger partial charge in [0, 0.05) is 37.5 Å². The normalized spacial score (nSPS) is 14.0. The van der Waals surface area contributed by atoms with Crippen LogP contribution in [0.5, 0.6) is 5.75 Å². The van der Waals surface area contributed by atoms with Crippen molar-refractivity contribution in [2.45, 2.75) is 25.9 Å². The number of aromatic nitrogens is 1. The van der Waals surface area contributed by atoms with Crippen molar-refractivity contribution >= 4 is 40.6 Å². The molecule has 0 aliphatic carbocycles. The molecule has 176 valence electrons. The highest BCUT2D eigenvalue weighted by Crippen LogP contribution is 2.34. The topological polar surface area (TPSA) is 118 Å². The highest BCUT2D eigenvalue weighted by Gasteiger charge is 2.22. The summed E-state index contributed by atoms with van der Waals surface area (Å²) in [5.74, 6) is -1.07. The molecule has 9 nitrogen and oxygen atoms in total. The fourth-order valence-electron chi connectivity index (χ4n) is 3.95. The highest BCUT2D eigenvalue weighted by molar-refractivity contribution is 6.07. The third-order valence-corrected chi connectivity index (χ3v) is 5.68. The number of carboxylic acids is 1. The molecule has 2 aromatic carbocycles. The van der Waals surface area contributed by atoms with Gasteiger partial charge in [0.25, 0.3) is 0 Å². The van der Waals surface area contributed by atoms with E-state index in [0.29, 0.717) is 41.1 Å². The maximum absolute atomic E-state index is 12.7. The first kappa shape index (κ1) is 23.0. The molecule has 4 rings (SSSR count). The molecule has 9 heteroatoms. The van der Waals surface area contributed by atoms with Crippen molar-refractivity contribution in [2.75, 3.05) is 25.0 Å². The number of nitrogens with one attached hydrogen (secondary N) is 1. The van der Waals surface area contributed by atoms with Crippen LogP contribution in [0, 0.1) is 0 Å². The number of rotatable bonds is 8. The minimum atomic E-state index is -1.09. The van der Waals surface area contributed by atoms with Gasteiger partial charge < -0.3 is 24.8 Å². The number of likely N-dealkylation sites (tertiary alicyclic amines) is 1. The third-order valence-electron chi connectivity index (χ3n) is 5.68. The molecule has 1 aliphatic heterocycles. The van der Waals surface area contributed by atoms with Gasteiger partial charge in [-0.1, -0.05) is 12.1 Å². The second-order valence-corrected chi connectivity index (χ2v) is 7.88. The molecular formula is C25H25N3O6. The number of hydrogen-bond acceptors (Lipinski definition) is 7. The van der Waals surface area contributed by atoms with Gasteiger partial charge in [0.05, 0.1) is 29.1 Å². The van der Waals surface area contributed by atoms with Crippen LogP contribution < -0.4 is 10.1 Å². The molecule has 1 aliphatic rings. The van der Waals surface area contributed by atoms with Crippen LogP contribution in [0.15, 0.2) is 48.7 Å². The minimum Gasteiger partial charge on any atom is -0.490 e. The summed E-state index contributed by atoms with van der Waals surface area (Å²) < 4.78 is 11.4. The molecule has 2 N–H and O–H groups in total. The summed E-state index contributed by atoms with van der Waals surface area (Å²) in [6, 6.07) is 11.8. The van der Waals surface area contributed by atoms with Gasteiger partial charge in [-0.05, 0) is 37.3 Å². The number of piperidine rings is 1. The Kier molecular flexibility index (Phi) is 6.91. The number of anilines is 2. The fourth-order valence-corrected chi connectivity index (χ4v) is 3.95. The second kappa shape index (κ2) is 10.2. The molecule has 0 bridgehead atoms. The molecule has 1 fully saturated rings. The van der Waals surface area contributed by atoms with E-state index in [2.05, 4.69) is 10.3 Å². The summed E-state index contributed by atoms with van der Waals surface area (Å²) in [4.78, 5) is 41.5. The molecule has 0 radical (unpaired) electrons. The number of nitrogens with zero attached hydrogens (tertiary/aromatic N) is 2. The van der Waals surface area contributed by atoms with Gasteiger partial charge in [-0.25, -0.2) is 9.59 Å². The van der Waals surface area contributed by atoms with Gasteiger partial charge in [0.2, 0.25) is 6.41 Å². The molecule has 1 aromatic heterocycles. The van der Waals surface area contributed by atoms with E-state index in [4.69, 9.17) is 9.47 Å². The molecule has 2 heterocycles. The molecule has 3 aromatic rings. The number of carbonyl (C=O) groups excluding carboxylic acids is 2. The number of hydrogen-bond donors (Lipinski definition) is 2. The van der Waals surface area contributed by atoms with Crippen molar-refractivity contribution < 1.29 is 29.0 Å². The van der Waals surface area contributed by atoms with Crippen LogP contribution in [0.2, 0.25) is 0 Å². The predicted molar refractivity (Wildman–Crippen MR) is 126 cm³/mol. The van der Waals surface area contributed by atoms with E-state index in [1.807, 2.05) is 0 Å². The zero-order valence-electron chi connectivity index (χ0n) is 18.7. The summed E-state index contributed by atoms with van der Waals surface area (Å²) in [5.41, 5.74) is 1.58. The molecule has 0 unspecified atom stereocenters. The van der Waals surface area contributed by atoms with E-state index >= 15 is 0 Å². The van der Waals surface area contributed by atoms with Crippen molar-refractivity contribution in [3.05, 3.63) is 59.8 Å². The number of carbonyl (C=O) groups is 3. The van der Waals surface area contributed by atoms with Gasteiger partial charge in [-0.2, -0.15) is 0 Å². The van der Waals surface area contributed by atoms with Crippen molar-refractivity contribution in [1.29, 1.82) is 0 Å². The number of carboxylic acid groups (broad SMARTS) is 1. The minimum absolute atomic E-state index is 0.0426. The van der Waals surface area contributed by atoms with Crippen LogP contribution in [0.1, 0.15) is 40.5 Å². The summed E-state index contributed by atoms with van der Waals surface area (Å²) in [7, 11) is 0. The SMILES string of the molecule is CCOC(=O)c1cnc2ccc(OC3CCN(C=O)CC3)cc2c1Nc1ccccc1C(=O)O. The summed E-state index contributed by atoms with van der Waals surface area (Å²) in [6.45, 7) is 3.16. The molecule has 34 heavy (non-hydrogen) atoms. The lowest BCUT2D eigenvalue weighted by Crippen LogP contribution is -2.37. The van der Waals surface area contributed by atoms with Crippen LogP contribution in [-0.2, 0) is 9.53 Å². The second-order valence-electron chi connectivity index (χ2n) is 7.88. The zero-order chi connectivity index (χ0) is 24.1. The van der Waals surface area contributed by atoms with Crippen LogP contribution in [0.25, 0.3) is 10.9 Å². The molecule has 0 spiro atoms. The van der Waals surface area contributed by atoms with Gasteiger partial charge in [-0.3, -0.25) is 9.78 Å². The number of para-hydroxylation sites is 1. The monoisotopic (exact) mass is 463 g/mol. The number of aromatic carboxylic acids is 1. The first-order valence-electron chi connectivity index (χ1n) is 11.1. The third kappa shape index (κ3) is 4.93. The number of amides is 1. The van der Waals surface area contributed by atoms with Gasteiger partial charge in [0.1, 0.15) is 17.4 Å². The van der Waals surface area contributed by atoms with E-state index in [1.54, 1.807) is 48.2 Å². The van der Waals surface area contributed by atoms with Crippen molar-refractivity contribution in [1.82, 2.24) is 9.88 Å². The maximum atomic E-state index is 12.7. The lowest BCUT2D eigenvalue weighted by atomic mass is 10.1. The van der Waals surface area contributed by atoms with Gasteiger partial charge >= 0.3 is 11.9 Å². The predicted octanol–water partition coefficient (Wildman–Crippen LogP) is 3.85. The summed E-state index contributed by atoms with van der Waals surface area (Å²) in [5, 5.41) is 13.3. The fraction of sp³-hybridized carbons (Fsp3) is 0.280. The van der Waals surface area contributed by atoms with Crippen LogP contribution >= 0.6 is 0 Å². The number of ether oxygens (including phenoxy) is 2. The van der Waals surface area contributed by atoms with E-state index in [1.165, 1.54) is 12.3 Å². The Morgan fingerprint density at radius 3 is 2.65 bits per heavy atom. The van der Waals surface area contributed by atoms with E-state index < -0.39 is 11.9 Å². The van der Waals surface area contributed by atoms with Crippen LogP contribution in [0.4, 0.5) is 11.4 Å². The highest BCUT2D eigenvalue weighted by atomic mass is 16.5. The Balaban J connectivity index is 1.74. The van der Waals surface area contributed by atoms with E-state index in [9.17, 15) is 19.5 Å². The first-order valence-corrected chi connectivity index (χ1v) is 11.1. The molecule has 0 atom stereocenters. The maximum Gasteiger partial charge on any atom is 0.341 e. The van der Waals surface area contributed by atoms with Crippen molar-refractivity contribution in [2.24, 2.45) is 0 Å². The average molecular weight is 463 g/mol. The molecule has 1 amide bonds. The summed E-state index contributed by atoms with van der Waals surface area (Å²) in [6.07, 6.45) is 3.66. The number of pyridine rings is 1. The molecule has 0 saturated carbocycles. The Morgan fingerprint density at radius 2 is 1.94 bits per heavy atom. The van der Waals surface area contributed by atoms with Crippen molar-refractivity contribution in [3.63, 3.8) is 0 Å². The van der Waals surface area contributed by atoms with Gasteiger partial charge in [0.15, 0.2) is 0 Å². The molecular weight excluding hydrogens is 438 g/mol. The molecule has 1 saturated heterocycles. The smallest absolute Gasteiger partial charge is 0.341 e. The lowest BCUT2D eigenvalue weighted by molar-refractivity contribution is -0.119. The van der Waals surface area contributed by atoms with Crippen LogP contribution in [-0.4, -0.2) is 59.1 Å². The number of esters is 1. The zero-order valence-corrected chi connectivity index (χ0v) is 18.7. The quantitative estimate of drug-likeness (QED) is 0.382. The van der Waals surface area contributed by atoms with Crippen molar-refractivity contribution in [3.8, 4) is 5.75 Å². The number of fused-ring (bicyclic) bond motifs is 1. The Labute approximate surface area is 196 Å². The van der Waals surface area contributed by atoms with Gasteiger partial charge in [-0.15, -0.1) is 0 Å². The standard InChI is InChI=1S/C25H25N3O6/c1-2-33-25(32)20-14-26-21-8-7-17(34-16-9-11-28(15-29)12-10-16)13-19(21)23(20)27-22-6-4-3-5-18(22)24(30)31/h3-8,13-16H,2,9-12H2,1H3,(H,26,27)(H,30,31).